The minimum atomic E-state index is -0.638. The molecule has 0 atom stereocenters. The van der Waals surface area contributed by atoms with Gasteiger partial charge in [0.05, 0.1) is 5.69 Å². The molecule has 2 nitrogen and oxygen atoms in total. The summed E-state index contributed by atoms with van der Waals surface area (Å²) < 4.78 is 26.0. The van der Waals surface area contributed by atoms with Crippen LogP contribution in [0, 0.1) is 11.6 Å². The van der Waals surface area contributed by atoms with Gasteiger partial charge in [0.1, 0.15) is 11.6 Å². The standard InChI is InChI=1S/C9H5ClF2N2S/c10-14-9-13-8(4-15-9)6-2-1-5(11)3-7(6)12/h1-4H,(H,13,14). The van der Waals surface area contributed by atoms with E-state index in [4.69, 9.17) is 11.8 Å². The van der Waals surface area contributed by atoms with Crippen LogP contribution in [0.5, 0.6) is 0 Å². The normalized spacial score (nSPS) is 10.3. The number of thiazole rings is 1. The van der Waals surface area contributed by atoms with Gasteiger partial charge in [-0.25, -0.2) is 13.8 Å². The highest BCUT2D eigenvalue weighted by molar-refractivity contribution is 7.14. The monoisotopic (exact) mass is 246 g/mol. The van der Waals surface area contributed by atoms with Gasteiger partial charge in [-0.15, -0.1) is 11.3 Å². The first-order valence-corrected chi connectivity index (χ1v) is 5.24. The molecule has 1 aromatic carbocycles. The molecule has 2 aromatic rings. The third kappa shape index (κ3) is 2.08. The van der Waals surface area contributed by atoms with Crippen molar-refractivity contribution in [3.8, 4) is 11.3 Å². The number of aromatic nitrogens is 1. The molecule has 0 aliphatic carbocycles. The van der Waals surface area contributed by atoms with Crippen LogP contribution in [0.25, 0.3) is 11.3 Å². The minimum absolute atomic E-state index is 0.255. The molecule has 0 saturated carbocycles. The van der Waals surface area contributed by atoms with E-state index in [-0.39, 0.29) is 5.56 Å². The van der Waals surface area contributed by atoms with E-state index in [2.05, 4.69) is 9.82 Å². The Labute approximate surface area is 93.6 Å². The zero-order valence-corrected chi connectivity index (χ0v) is 8.87. The topological polar surface area (TPSA) is 24.9 Å². The molecule has 1 aromatic heterocycles. The van der Waals surface area contributed by atoms with Crippen molar-refractivity contribution in [2.45, 2.75) is 0 Å². The molecule has 0 aliphatic heterocycles. The molecule has 6 heteroatoms. The van der Waals surface area contributed by atoms with Crippen LogP contribution < -0.4 is 4.84 Å². The van der Waals surface area contributed by atoms with E-state index < -0.39 is 11.6 Å². The first-order chi connectivity index (χ1) is 7.20. The molecule has 78 valence electrons. The quantitative estimate of drug-likeness (QED) is 0.818. The molecule has 1 heterocycles. The molecule has 0 amide bonds. The van der Waals surface area contributed by atoms with Crippen LogP contribution in [0.3, 0.4) is 0 Å². The highest BCUT2D eigenvalue weighted by Gasteiger charge is 2.09. The number of hydrogen-bond acceptors (Lipinski definition) is 3. The number of benzene rings is 1. The first kappa shape index (κ1) is 10.3. The SMILES string of the molecule is Fc1ccc(-c2csc(NCl)n2)c(F)c1. The van der Waals surface area contributed by atoms with Crippen LogP contribution in [0.15, 0.2) is 23.6 Å². The summed E-state index contributed by atoms with van der Waals surface area (Å²) in [5.74, 6) is -1.25. The van der Waals surface area contributed by atoms with Crippen LogP contribution in [-0.2, 0) is 0 Å². The van der Waals surface area contributed by atoms with Gasteiger partial charge >= 0.3 is 0 Å². The van der Waals surface area contributed by atoms with Gasteiger partial charge < -0.3 is 0 Å². The van der Waals surface area contributed by atoms with E-state index in [1.807, 2.05) is 0 Å². The van der Waals surface area contributed by atoms with Crippen LogP contribution in [0.2, 0.25) is 0 Å². The zero-order chi connectivity index (χ0) is 10.8. The lowest BCUT2D eigenvalue weighted by Crippen LogP contribution is -1.86. The molecule has 0 radical (unpaired) electrons. The molecule has 2 rings (SSSR count). The van der Waals surface area contributed by atoms with Crippen LogP contribution >= 0.6 is 23.1 Å². The number of rotatable bonds is 2. The summed E-state index contributed by atoms with van der Waals surface area (Å²) in [5.41, 5.74) is 0.687. The number of nitrogens with one attached hydrogen (secondary N) is 1. The molecule has 0 unspecified atom stereocenters. The smallest absolute Gasteiger partial charge is 0.197 e. The predicted molar refractivity (Wildman–Crippen MR) is 56.9 cm³/mol. The van der Waals surface area contributed by atoms with Crippen molar-refractivity contribution in [2.75, 3.05) is 4.84 Å². The van der Waals surface area contributed by atoms with Gasteiger partial charge in [0.15, 0.2) is 5.13 Å². The summed E-state index contributed by atoms with van der Waals surface area (Å²) in [6.07, 6.45) is 0. The van der Waals surface area contributed by atoms with Crippen molar-refractivity contribution in [1.29, 1.82) is 0 Å². The number of halogens is 3. The van der Waals surface area contributed by atoms with E-state index in [0.29, 0.717) is 10.8 Å². The van der Waals surface area contributed by atoms with Crippen molar-refractivity contribution < 1.29 is 8.78 Å². The molecular formula is C9H5ClF2N2S. The van der Waals surface area contributed by atoms with Crippen LogP contribution in [0.4, 0.5) is 13.9 Å². The fourth-order valence-corrected chi connectivity index (χ4v) is 1.91. The summed E-state index contributed by atoms with van der Waals surface area (Å²) in [5, 5.41) is 2.11. The summed E-state index contributed by atoms with van der Waals surface area (Å²) in [4.78, 5) is 6.33. The molecule has 1 N–H and O–H groups in total. The predicted octanol–water partition coefficient (Wildman–Crippen LogP) is 3.65. The number of hydrogen-bond donors (Lipinski definition) is 1. The Morgan fingerprint density at radius 2 is 2.13 bits per heavy atom. The molecular weight excluding hydrogens is 242 g/mol. The Bertz CT molecular complexity index is 487. The van der Waals surface area contributed by atoms with Gasteiger partial charge in [-0.1, -0.05) is 0 Å². The van der Waals surface area contributed by atoms with Gasteiger partial charge in [-0.05, 0) is 12.1 Å². The Morgan fingerprint density at radius 1 is 1.33 bits per heavy atom. The Kier molecular flexibility index (Phi) is 2.83. The van der Waals surface area contributed by atoms with Gasteiger partial charge in [0, 0.05) is 28.8 Å². The molecule has 15 heavy (non-hydrogen) atoms. The maximum Gasteiger partial charge on any atom is 0.197 e. The number of nitrogens with zero attached hydrogens (tertiary/aromatic N) is 1. The summed E-state index contributed by atoms with van der Waals surface area (Å²) >= 11 is 6.58. The van der Waals surface area contributed by atoms with E-state index in [9.17, 15) is 8.78 Å². The Hall–Kier alpha value is -1.20. The van der Waals surface area contributed by atoms with E-state index in [0.717, 1.165) is 6.07 Å². The third-order valence-corrected chi connectivity index (χ3v) is 2.84. The second kappa shape index (κ2) is 4.12. The van der Waals surface area contributed by atoms with Gasteiger partial charge in [-0.2, -0.15) is 0 Å². The summed E-state index contributed by atoms with van der Waals surface area (Å²) in [7, 11) is 0. The maximum absolute atomic E-state index is 13.3. The van der Waals surface area contributed by atoms with E-state index in [1.165, 1.54) is 23.5 Å². The lowest BCUT2D eigenvalue weighted by atomic mass is 10.1. The Balaban J connectivity index is 2.44. The average Bonchev–Trinajstić information content (AvgIpc) is 2.66. The first-order valence-electron chi connectivity index (χ1n) is 3.98. The molecule has 0 aliphatic rings. The van der Waals surface area contributed by atoms with Crippen molar-refractivity contribution in [3.05, 3.63) is 35.2 Å². The lowest BCUT2D eigenvalue weighted by Gasteiger charge is -1.98. The van der Waals surface area contributed by atoms with Crippen molar-refractivity contribution in [1.82, 2.24) is 4.98 Å². The van der Waals surface area contributed by atoms with Crippen LogP contribution in [0.1, 0.15) is 0 Å². The summed E-state index contributed by atoms with van der Waals surface area (Å²) in [6, 6.07) is 3.35. The third-order valence-electron chi connectivity index (χ3n) is 1.79. The average molecular weight is 247 g/mol. The van der Waals surface area contributed by atoms with E-state index >= 15 is 0 Å². The van der Waals surface area contributed by atoms with Gasteiger partial charge in [0.2, 0.25) is 0 Å². The second-order valence-electron chi connectivity index (χ2n) is 2.76. The summed E-state index contributed by atoms with van der Waals surface area (Å²) in [6.45, 7) is 0. The lowest BCUT2D eigenvalue weighted by molar-refractivity contribution is 0.585. The zero-order valence-electron chi connectivity index (χ0n) is 7.30. The molecule has 0 bridgehead atoms. The second-order valence-corrected chi connectivity index (χ2v) is 3.80. The Morgan fingerprint density at radius 3 is 2.73 bits per heavy atom. The number of anilines is 1. The molecule has 0 fully saturated rings. The van der Waals surface area contributed by atoms with E-state index in [1.54, 1.807) is 5.38 Å². The van der Waals surface area contributed by atoms with Gasteiger partial charge in [0.25, 0.3) is 0 Å². The van der Waals surface area contributed by atoms with Crippen molar-refractivity contribution in [2.24, 2.45) is 0 Å². The van der Waals surface area contributed by atoms with Crippen LogP contribution in [-0.4, -0.2) is 4.98 Å². The molecule has 0 saturated heterocycles. The molecule has 0 spiro atoms. The van der Waals surface area contributed by atoms with Crippen molar-refractivity contribution >= 4 is 28.2 Å². The highest BCUT2D eigenvalue weighted by Crippen LogP contribution is 2.27. The fraction of sp³-hybridized carbons (Fsp3) is 0. The highest BCUT2D eigenvalue weighted by atomic mass is 35.5. The maximum atomic E-state index is 13.3. The van der Waals surface area contributed by atoms with Gasteiger partial charge in [-0.3, -0.25) is 4.84 Å². The fourth-order valence-electron chi connectivity index (χ4n) is 1.14. The minimum Gasteiger partial charge on any atom is -0.274 e. The largest absolute Gasteiger partial charge is 0.274 e. The van der Waals surface area contributed by atoms with Crippen molar-refractivity contribution in [3.63, 3.8) is 0 Å².